The quantitative estimate of drug-likeness (QED) is 0.509. The van der Waals surface area contributed by atoms with Crippen molar-refractivity contribution in [3.05, 3.63) is 59.9 Å². The molecule has 0 N–H and O–H groups in total. The molecule has 3 aromatic rings. The normalized spacial score (nSPS) is 14.3. The fourth-order valence-corrected chi connectivity index (χ4v) is 3.67. The summed E-state index contributed by atoms with van der Waals surface area (Å²) in [6.07, 6.45) is 1.81. The molecular weight excluding hydrogens is 418 g/mol. The smallest absolute Gasteiger partial charge is 0.232 e. The van der Waals surface area contributed by atoms with E-state index >= 15 is 0 Å². The number of nitriles is 1. The number of nitrogens with zero attached hydrogens (tertiary/aromatic N) is 5. The number of methoxy groups -OCH3 is 1. The van der Waals surface area contributed by atoms with Crippen LogP contribution in [0.3, 0.4) is 0 Å². The molecule has 1 aliphatic rings. The van der Waals surface area contributed by atoms with Gasteiger partial charge in [0.05, 0.1) is 37.7 Å². The third kappa shape index (κ3) is 4.99. The van der Waals surface area contributed by atoms with Crippen molar-refractivity contribution in [3.8, 4) is 23.3 Å². The monoisotopic (exact) mass is 445 g/mol. The van der Waals surface area contributed by atoms with Gasteiger partial charge in [0.1, 0.15) is 6.07 Å². The SMILES string of the molecule is COc1cc(/C=C(\C#N)c2nnc(N3CCOCC3)n2-c2ccccc2)ccc1OC(C)C. The fraction of sp³-hybridized carbons (Fsp3) is 0.320. The second-order valence-corrected chi connectivity index (χ2v) is 7.84. The topological polar surface area (TPSA) is 85.4 Å². The second kappa shape index (κ2) is 10.2. The Balaban J connectivity index is 1.78. The Hall–Kier alpha value is -3.83. The van der Waals surface area contributed by atoms with Crippen LogP contribution in [0.5, 0.6) is 11.5 Å². The molecule has 0 radical (unpaired) electrons. The Labute approximate surface area is 193 Å². The molecule has 1 aliphatic heterocycles. The van der Waals surface area contributed by atoms with E-state index < -0.39 is 0 Å². The van der Waals surface area contributed by atoms with E-state index in [0.29, 0.717) is 55.1 Å². The molecule has 0 unspecified atom stereocenters. The van der Waals surface area contributed by atoms with E-state index in [9.17, 15) is 5.26 Å². The summed E-state index contributed by atoms with van der Waals surface area (Å²) in [5.74, 6) is 2.43. The first kappa shape index (κ1) is 22.4. The van der Waals surface area contributed by atoms with Crippen molar-refractivity contribution in [1.82, 2.24) is 14.8 Å². The van der Waals surface area contributed by atoms with Crippen molar-refractivity contribution >= 4 is 17.6 Å². The zero-order valence-corrected chi connectivity index (χ0v) is 19.1. The number of ether oxygens (including phenoxy) is 3. The lowest BCUT2D eigenvalue weighted by atomic mass is 10.1. The highest BCUT2D eigenvalue weighted by atomic mass is 16.5. The van der Waals surface area contributed by atoms with Crippen LogP contribution < -0.4 is 14.4 Å². The molecule has 1 aromatic heterocycles. The van der Waals surface area contributed by atoms with Gasteiger partial charge in [0.2, 0.25) is 5.95 Å². The third-order valence-corrected chi connectivity index (χ3v) is 5.18. The van der Waals surface area contributed by atoms with E-state index in [2.05, 4.69) is 21.2 Å². The molecule has 1 fully saturated rings. The zero-order valence-electron chi connectivity index (χ0n) is 19.1. The summed E-state index contributed by atoms with van der Waals surface area (Å²) >= 11 is 0. The Morgan fingerprint density at radius 3 is 2.52 bits per heavy atom. The van der Waals surface area contributed by atoms with Crippen molar-refractivity contribution in [3.63, 3.8) is 0 Å². The van der Waals surface area contributed by atoms with Gasteiger partial charge in [0.15, 0.2) is 17.3 Å². The number of benzene rings is 2. The minimum atomic E-state index is 0.0259. The van der Waals surface area contributed by atoms with Crippen LogP contribution in [-0.2, 0) is 4.74 Å². The van der Waals surface area contributed by atoms with Gasteiger partial charge in [-0.2, -0.15) is 5.26 Å². The van der Waals surface area contributed by atoms with Crippen LogP contribution in [0.1, 0.15) is 25.2 Å². The third-order valence-electron chi connectivity index (χ3n) is 5.18. The average Bonchev–Trinajstić information content (AvgIpc) is 3.29. The van der Waals surface area contributed by atoms with Gasteiger partial charge in [0.25, 0.3) is 0 Å². The highest BCUT2D eigenvalue weighted by molar-refractivity contribution is 5.88. The predicted octanol–water partition coefficient (Wildman–Crippen LogP) is 3.96. The summed E-state index contributed by atoms with van der Waals surface area (Å²) in [5.41, 5.74) is 2.08. The van der Waals surface area contributed by atoms with Crippen molar-refractivity contribution in [1.29, 1.82) is 5.26 Å². The van der Waals surface area contributed by atoms with Crippen LogP contribution in [0.2, 0.25) is 0 Å². The molecule has 8 nitrogen and oxygen atoms in total. The van der Waals surface area contributed by atoms with E-state index in [-0.39, 0.29) is 6.10 Å². The molecule has 33 heavy (non-hydrogen) atoms. The maximum Gasteiger partial charge on any atom is 0.232 e. The van der Waals surface area contributed by atoms with Crippen LogP contribution in [0.4, 0.5) is 5.95 Å². The molecule has 2 aromatic carbocycles. The number of hydrogen-bond donors (Lipinski definition) is 0. The summed E-state index contributed by atoms with van der Waals surface area (Å²) in [4.78, 5) is 2.13. The molecular formula is C25H27N5O3. The van der Waals surface area contributed by atoms with E-state index in [1.54, 1.807) is 13.2 Å². The molecule has 4 rings (SSSR count). The van der Waals surface area contributed by atoms with Crippen LogP contribution in [0.15, 0.2) is 48.5 Å². The van der Waals surface area contributed by atoms with Gasteiger partial charge < -0.3 is 19.1 Å². The maximum absolute atomic E-state index is 10.0. The largest absolute Gasteiger partial charge is 0.493 e. The summed E-state index contributed by atoms with van der Waals surface area (Å²) in [6.45, 7) is 6.61. The number of anilines is 1. The fourth-order valence-electron chi connectivity index (χ4n) is 3.67. The van der Waals surface area contributed by atoms with Gasteiger partial charge in [0, 0.05) is 13.1 Å². The minimum Gasteiger partial charge on any atom is -0.493 e. The lowest BCUT2D eigenvalue weighted by Gasteiger charge is -2.28. The first-order valence-corrected chi connectivity index (χ1v) is 10.9. The lowest BCUT2D eigenvalue weighted by Crippen LogP contribution is -2.38. The summed E-state index contributed by atoms with van der Waals surface area (Å²) in [6, 6.07) is 17.7. The summed E-state index contributed by atoms with van der Waals surface area (Å²) < 4.78 is 18.7. The van der Waals surface area contributed by atoms with Crippen LogP contribution in [0.25, 0.3) is 17.3 Å². The van der Waals surface area contributed by atoms with Gasteiger partial charge in [-0.3, -0.25) is 4.57 Å². The van der Waals surface area contributed by atoms with Crippen LogP contribution >= 0.6 is 0 Å². The average molecular weight is 446 g/mol. The van der Waals surface area contributed by atoms with Crippen LogP contribution in [0, 0.1) is 11.3 Å². The van der Waals surface area contributed by atoms with E-state index in [1.165, 1.54) is 0 Å². The minimum absolute atomic E-state index is 0.0259. The molecule has 0 atom stereocenters. The summed E-state index contributed by atoms with van der Waals surface area (Å²) in [7, 11) is 1.60. The zero-order chi connectivity index (χ0) is 23.2. The lowest BCUT2D eigenvalue weighted by molar-refractivity contribution is 0.122. The van der Waals surface area contributed by atoms with Crippen molar-refractivity contribution in [2.24, 2.45) is 0 Å². The van der Waals surface area contributed by atoms with Gasteiger partial charge in [-0.05, 0) is 49.8 Å². The highest BCUT2D eigenvalue weighted by Gasteiger charge is 2.23. The first-order chi connectivity index (χ1) is 16.1. The molecule has 8 heteroatoms. The number of para-hydroxylation sites is 1. The molecule has 0 bridgehead atoms. The number of allylic oxidation sites excluding steroid dienone is 1. The predicted molar refractivity (Wildman–Crippen MR) is 127 cm³/mol. The van der Waals surface area contributed by atoms with Gasteiger partial charge in [-0.1, -0.05) is 24.3 Å². The Kier molecular flexibility index (Phi) is 6.91. The molecule has 1 saturated heterocycles. The molecule has 0 aliphatic carbocycles. The maximum atomic E-state index is 10.0. The molecule has 2 heterocycles. The molecule has 0 amide bonds. The number of aromatic nitrogens is 3. The van der Waals surface area contributed by atoms with E-state index in [1.807, 2.05) is 66.9 Å². The van der Waals surface area contributed by atoms with E-state index in [4.69, 9.17) is 14.2 Å². The van der Waals surface area contributed by atoms with Crippen molar-refractivity contribution in [2.75, 3.05) is 38.3 Å². The Morgan fingerprint density at radius 2 is 1.85 bits per heavy atom. The Bertz CT molecular complexity index is 1160. The molecule has 0 spiro atoms. The number of morpholine rings is 1. The molecule has 0 saturated carbocycles. The highest BCUT2D eigenvalue weighted by Crippen LogP contribution is 2.31. The Morgan fingerprint density at radius 1 is 1.09 bits per heavy atom. The van der Waals surface area contributed by atoms with Crippen LogP contribution in [-0.4, -0.2) is 54.3 Å². The van der Waals surface area contributed by atoms with Crippen molar-refractivity contribution < 1.29 is 14.2 Å². The second-order valence-electron chi connectivity index (χ2n) is 7.84. The van der Waals surface area contributed by atoms with Crippen molar-refractivity contribution in [2.45, 2.75) is 20.0 Å². The number of hydrogen-bond acceptors (Lipinski definition) is 7. The van der Waals surface area contributed by atoms with Gasteiger partial charge >= 0.3 is 0 Å². The standard InChI is InChI=1S/C25H27N5O3/c1-18(2)33-22-10-9-19(16-23(22)31-3)15-20(17-26)24-27-28-25(29-11-13-32-14-12-29)30(24)21-7-5-4-6-8-21/h4-10,15-16,18H,11-14H2,1-3H3/b20-15+. The summed E-state index contributed by atoms with van der Waals surface area (Å²) in [5, 5.41) is 18.9. The van der Waals surface area contributed by atoms with Gasteiger partial charge in [-0.15, -0.1) is 10.2 Å². The molecule has 170 valence electrons. The van der Waals surface area contributed by atoms with Gasteiger partial charge in [-0.25, -0.2) is 0 Å². The first-order valence-electron chi connectivity index (χ1n) is 10.9. The number of rotatable bonds is 7. The van der Waals surface area contributed by atoms with E-state index in [0.717, 1.165) is 11.3 Å².